The fourth-order valence-corrected chi connectivity index (χ4v) is 11.3. The maximum absolute atomic E-state index is 15.7. The number of carbonyl (C=O) groups excluding carboxylic acids is 6. The van der Waals surface area contributed by atoms with Crippen molar-refractivity contribution in [1.82, 2.24) is 41.4 Å². The smallest absolute Gasteiger partial charge is 0.246 e. The fraction of sp³-hybridized carbons (Fsp3) is 0.377. The molecular formula is C61H68N8O9. The molecule has 5 aromatic carbocycles. The van der Waals surface area contributed by atoms with Gasteiger partial charge in [0.1, 0.15) is 54.4 Å². The zero-order chi connectivity index (χ0) is 54.0. The van der Waals surface area contributed by atoms with E-state index >= 15 is 24.0 Å². The minimum Gasteiger partial charge on any atom is -0.496 e. The molecule has 3 saturated heterocycles. The maximum atomic E-state index is 15.7. The van der Waals surface area contributed by atoms with Crippen LogP contribution in [0.3, 0.4) is 0 Å². The van der Waals surface area contributed by atoms with E-state index in [4.69, 9.17) is 14.2 Å². The lowest BCUT2D eigenvalue weighted by Gasteiger charge is -2.43. The highest BCUT2D eigenvalue weighted by Gasteiger charge is 2.45. The number of hydrogen-bond donors (Lipinski definition) is 6. The molecule has 406 valence electrons. The topological polar surface area (TPSA) is 213 Å². The number of H-pyrrole nitrogens is 1. The number of fused-ring (bicyclic) bond motifs is 4. The Morgan fingerprint density at radius 2 is 1.27 bits per heavy atom. The van der Waals surface area contributed by atoms with E-state index in [-0.39, 0.29) is 64.3 Å². The number of morpholine rings is 1. The number of ether oxygens (including phenoxy) is 3. The Morgan fingerprint density at radius 1 is 0.603 bits per heavy atom. The van der Waals surface area contributed by atoms with Crippen molar-refractivity contribution >= 4 is 46.3 Å². The Kier molecular flexibility index (Phi) is 17.1. The van der Waals surface area contributed by atoms with Gasteiger partial charge in [0.2, 0.25) is 35.4 Å². The van der Waals surface area contributed by atoms with E-state index in [1.54, 1.807) is 13.3 Å². The maximum Gasteiger partial charge on any atom is 0.246 e. The lowest BCUT2D eigenvalue weighted by atomic mass is 9.89. The van der Waals surface area contributed by atoms with Gasteiger partial charge in [0, 0.05) is 49.5 Å². The first kappa shape index (κ1) is 53.4. The van der Waals surface area contributed by atoms with E-state index in [9.17, 15) is 4.79 Å². The standard InChI is InChI=1S/C61H68N8O9/c1-76-54-18-10-17-47-55(54)45(35-63-47)33-50-58(72)65-49(31-41-25-27-62-28-26-41)57(71)67-51(32-40-19-22-46(23-20-40)78-37-42-13-6-3-7-14-42)60(74)69-36-44-16-9-8-15-43(44)34-52(69)61(75)68-29-30-77-38-53(68)59(73)64-48(56(70)66-50)24-21-39-11-4-2-5-12-39/h2-20,22-23,35,41,48-53,62-63H,21,24-34,36-38H2,1H3,(H,64,73)(H,65,72)(H,66,70)(H,67,71)/t48-,49-,50+,51-,52-,53-/m0/s1. The van der Waals surface area contributed by atoms with E-state index in [1.165, 1.54) is 9.80 Å². The highest BCUT2D eigenvalue weighted by atomic mass is 16.5. The van der Waals surface area contributed by atoms with E-state index < -0.39 is 71.7 Å². The summed E-state index contributed by atoms with van der Waals surface area (Å²) in [6.45, 7) is 1.90. The van der Waals surface area contributed by atoms with Gasteiger partial charge >= 0.3 is 0 Å². The number of hydrogen-bond acceptors (Lipinski definition) is 10. The minimum absolute atomic E-state index is 0.0261. The molecule has 6 atom stereocenters. The van der Waals surface area contributed by atoms with Crippen molar-refractivity contribution in [2.24, 2.45) is 5.92 Å². The molecule has 6 N–H and O–H groups in total. The van der Waals surface area contributed by atoms with Crippen LogP contribution in [0.1, 0.15) is 59.1 Å². The summed E-state index contributed by atoms with van der Waals surface area (Å²) in [5.41, 5.74) is 5.80. The normalized spacial score (nSPS) is 22.9. The van der Waals surface area contributed by atoms with Gasteiger partial charge in [-0.3, -0.25) is 28.8 Å². The van der Waals surface area contributed by atoms with Crippen LogP contribution >= 0.6 is 0 Å². The van der Waals surface area contributed by atoms with Crippen LogP contribution in [0.25, 0.3) is 10.9 Å². The Bertz CT molecular complexity index is 3070. The summed E-state index contributed by atoms with van der Waals surface area (Å²) in [5.74, 6) is -2.20. The number of benzene rings is 5. The second-order valence-electron chi connectivity index (χ2n) is 20.8. The Labute approximate surface area is 454 Å². The predicted octanol–water partition coefficient (Wildman–Crippen LogP) is 4.70. The first-order valence-electron chi connectivity index (χ1n) is 27.2. The van der Waals surface area contributed by atoms with Gasteiger partial charge in [-0.25, -0.2) is 0 Å². The number of amides is 6. The number of rotatable bonds is 13. The molecule has 17 heteroatoms. The Balaban J connectivity index is 1.04. The van der Waals surface area contributed by atoms with Crippen molar-refractivity contribution < 1.29 is 43.0 Å². The summed E-state index contributed by atoms with van der Waals surface area (Å²) >= 11 is 0. The first-order chi connectivity index (χ1) is 38.1. The van der Waals surface area contributed by atoms with Gasteiger partial charge in [-0.15, -0.1) is 0 Å². The van der Waals surface area contributed by atoms with Crippen molar-refractivity contribution in [3.63, 3.8) is 0 Å². The molecule has 3 fully saturated rings. The molecule has 17 nitrogen and oxygen atoms in total. The highest BCUT2D eigenvalue weighted by Crippen LogP contribution is 2.31. The molecule has 5 heterocycles. The molecule has 4 aliphatic rings. The Hall–Kier alpha value is -8.02. The predicted molar refractivity (Wildman–Crippen MR) is 293 cm³/mol. The number of aromatic amines is 1. The van der Waals surface area contributed by atoms with Gasteiger partial charge in [-0.05, 0) is 109 Å². The molecule has 0 radical (unpaired) electrons. The average molecular weight is 1060 g/mol. The summed E-state index contributed by atoms with van der Waals surface area (Å²) in [6, 6.07) is 32.8. The molecule has 6 aromatic rings. The number of carbonyl (C=O) groups is 6. The van der Waals surface area contributed by atoms with Crippen LogP contribution < -0.4 is 36.1 Å². The number of nitrogens with zero attached hydrogens (tertiary/aromatic N) is 2. The second kappa shape index (κ2) is 25.0. The van der Waals surface area contributed by atoms with Gasteiger partial charge in [-0.2, -0.15) is 0 Å². The van der Waals surface area contributed by atoms with Crippen LogP contribution in [0.2, 0.25) is 0 Å². The molecule has 1 aromatic heterocycles. The van der Waals surface area contributed by atoms with Gasteiger partial charge in [0.05, 0.1) is 20.3 Å². The first-order valence-corrected chi connectivity index (χ1v) is 27.2. The molecule has 0 spiro atoms. The molecule has 4 aliphatic heterocycles. The number of piperidine rings is 1. The van der Waals surface area contributed by atoms with E-state index in [0.717, 1.165) is 59.1 Å². The summed E-state index contributed by atoms with van der Waals surface area (Å²) in [4.78, 5) is 97.8. The van der Waals surface area contributed by atoms with Crippen LogP contribution in [0.4, 0.5) is 0 Å². The third kappa shape index (κ3) is 12.7. The van der Waals surface area contributed by atoms with Crippen LogP contribution in [-0.2, 0) is 72.3 Å². The van der Waals surface area contributed by atoms with Crippen molar-refractivity contribution in [3.8, 4) is 11.5 Å². The number of methoxy groups -OCH3 is 1. The van der Waals surface area contributed by atoms with Gasteiger partial charge in [0.15, 0.2) is 0 Å². The van der Waals surface area contributed by atoms with Crippen LogP contribution in [-0.4, -0.2) is 126 Å². The minimum atomic E-state index is -1.27. The molecule has 78 heavy (non-hydrogen) atoms. The zero-order valence-corrected chi connectivity index (χ0v) is 43.9. The Morgan fingerprint density at radius 3 is 2.03 bits per heavy atom. The molecular weight excluding hydrogens is 989 g/mol. The zero-order valence-electron chi connectivity index (χ0n) is 43.9. The van der Waals surface area contributed by atoms with Crippen molar-refractivity contribution in [2.45, 2.75) is 101 Å². The second-order valence-corrected chi connectivity index (χ2v) is 20.8. The summed E-state index contributed by atoms with van der Waals surface area (Å²) in [6.07, 6.45) is 4.21. The van der Waals surface area contributed by atoms with E-state index in [0.29, 0.717) is 35.7 Å². The average Bonchev–Trinajstić information content (AvgIpc) is 4.01. The fourth-order valence-electron chi connectivity index (χ4n) is 11.3. The quantitative estimate of drug-likeness (QED) is 0.0939. The number of nitrogens with one attached hydrogen (secondary N) is 6. The van der Waals surface area contributed by atoms with Crippen molar-refractivity contribution in [2.75, 3.05) is 40.0 Å². The van der Waals surface area contributed by atoms with Gasteiger partial charge in [0.25, 0.3) is 0 Å². The summed E-state index contributed by atoms with van der Waals surface area (Å²) in [5, 5.41) is 16.3. The van der Waals surface area contributed by atoms with Gasteiger partial charge < -0.3 is 55.6 Å². The number of aryl methyl sites for hydroxylation is 1. The lowest BCUT2D eigenvalue weighted by Crippen LogP contribution is -2.65. The molecule has 0 aliphatic carbocycles. The van der Waals surface area contributed by atoms with E-state index in [2.05, 4.69) is 31.6 Å². The SMILES string of the molecule is COc1cccc2[nH]cc(C[C@H]3NC(=O)[C@H](CCc4ccccc4)NC(=O)[C@@H]4COCCN4C(=O)[C@@H]4Cc5ccccc5CN4C(=O)[C@H](Cc4ccc(OCc5ccccc5)cc4)NC(=O)[C@H](CC4CCNCC4)NC3=O)c12. The number of aromatic nitrogens is 1. The molecule has 0 unspecified atom stereocenters. The lowest BCUT2D eigenvalue weighted by molar-refractivity contribution is -0.157. The van der Waals surface area contributed by atoms with E-state index in [1.807, 2.05) is 127 Å². The molecule has 0 bridgehead atoms. The highest BCUT2D eigenvalue weighted by molar-refractivity contribution is 5.99. The third-order valence-electron chi connectivity index (χ3n) is 15.6. The monoisotopic (exact) mass is 1060 g/mol. The molecule has 0 saturated carbocycles. The van der Waals surface area contributed by atoms with Crippen molar-refractivity contribution in [1.29, 1.82) is 0 Å². The van der Waals surface area contributed by atoms with Crippen molar-refractivity contribution in [3.05, 3.63) is 167 Å². The van der Waals surface area contributed by atoms with Crippen LogP contribution in [0, 0.1) is 5.92 Å². The summed E-state index contributed by atoms with van der Waals surface area (Å²) < 4.78 is 17.8. The summed E-state index contributed by atoms with van der Waals surface area (Å²) in [7, 11) is 1.56. The third-order valence-corrected chi connectivity index (χ3v) is 15.6. The van der Waals surface area contributed by atoms with Crippen LogP contribution in [0.15, 0.2) is 134 Å². The van der Waals surface area contributed by atoms with Crippen LogP contribution in [0.5, 0.6) is 11.5 Å². The van der Waals surface area contributed by atoms with Gasteiger partial charge in [-0.1, -0.05) is 103 Å². The molecule has 10 rings (SSSR count). The largest absolute Gasteiger partial charge is 0.496 e. The molecule has 6 amide bonds.